The Morgan fingerprint density at radius 3 is 2.90 bits per heavy atom. The number of pyridine rings is 1. The molecule has 2 aromatic rings. The molecule has 5 heteroatoms. The van der Waals surface area contributed by atoms with Crippen LogP contribution in [0.25, 0.3) is 11.3 Å². The van der Waals surface area contributed by atoms with Crippen molar-refractivity contribution in [1.82, 2.24) is 15.0 Å². The first-order valence-electron chi connectivity index (χ1n) is 7.38. The molecule has 1 fully saturated rings. The highest BCUT2D eigenvalue weighted by Crippen LogP contribution is 2.38. The molecule has 1 aliphatic carbocycles. The van der Waals surface area contributed by atoms with Gasteiger partial charge < -0.3 is 9.72 Å². The smallest absolute Gasteiger partial charge is 0.254 e. The van der Waals surface area contributed by atoms with Crippen molar-refractivity contribution in [3.8, 4) is 17.0 Å². The molecule has 0 aliphatic heterocycles. The average Bonchev–Trinajstić information content (AvgIpc) is 3.33. The van der Waals surface area contributed by atoms with Gasteiger partial charge in [-0.05, 0) is 32.3 Å². The normalized spacial score (nSPS) is 14.2. The van der Waals surface area contributed by atoms with Crippen LogP contribution in [-0.2, 0) is 0 Å². The van der Waals surface area contributed by atoms with Gasteiger partial charge in [0.15, 0.2) is 0 Å². The lowest BCUT2D eigenvalue weighted by Gasteiger charge is -2.09. The number of ether oxygens (including phenoxy) is 1. The van der Waals surface area contributed by atoms with Crippen molar-refractivity contribution < 1.29 is 4.74 Å². The van der Waals surface area contributed by atoms with Crippen LogP contribution in [0.3, 0.4) is 0 Å². The van der Waals surface area contributed by atoms with Gasteiger partial charge in [-0.15, -0.1) is 0 Å². The molecule has 0 unspecified atom stereocenters. The fourth-order valence-electron chi connectivity index (χ4n) is 2.23. The van der Waals surface area contributed by atoms with E-state index in [1.807, 2.05) is 6.07 Å². The summed E-state index contributed by atoms with van der Waals surface area (Å²) in [6.45, 7) is 4.50. The van der Waals surface area contributed by atoms with Gasteiger partial charge >= 0.3 is 0 Å². The van der Waals surface area contributed by atoms with Crippen LogP contribution in [0.4, 0.5) is 0 Å². The SMILES string of the molecule is CCCOc1cncc(-c2nc(C3CC3)[nH]c(=O)c2C)c1. The number of rotatable bonds is 5. The third kappa shape index (κ3) is 2.96. The lowest BCUT2D eigenvalue weighted by atomic mass is 10.1. The van der Waals surface area contributed by atoms with Gasteiger partial charge in [0, 0.05) is 23.2 Å². The Hall–Kier alpha value is -2.17. The second-order valence-electron chi connectivity index (χ2n) is 5.46. The van der Waals surface area contributed by atoms with Crippen LogP contribution in [-0.4, -0.2) is 21.6 Å². The Kier molecular flexibility index (Phi) is 3.73. The van der Waals surface area contributed by atoms with Gasteiger partial charge in [-0.1, -0.05) is 6.92 Å². The van der Waals surface area contributed by atoms with Gasteiger partial charge in [0.25, 0.3) is 5.56 Å². The molecule has 110 valence electrons. The number of aromatic nitrogens is 3. The van der Waals surface area contributed by atoms with Crippen LogP contribution in [0.2, 0.25) is 0 Å². The van der Waals surface area contributed by atoms with Crippen molar-refractivity contribution in [3.63, 3.8) is 0 Å². The molecule has 0 spiro atoms. The van der Waals surface area contributed by atoms with Crippen molar-refractivity contribution in [2.24, 2.45) is 0 Å². The summed E-state index contributed by atoms with van der Waals surface area (Å²) in [6, 6.07) is 1.90. The third-order valence-corrected chi connectivity index (χ3v) is 3.59. The Labute approximate surface area is 123 Å². The molecule has 0 aromatic carbocycles. The fraction of sp³-hybridized carbons (Fsp3) is 0.438. The maximum Gasteiger partial charge on any atom is 0.254 e. The van der Waals surface area contributed by atoms with E-state index in [4.69, 9.17) is 4.74 Å². The highest BCUT2D eigenvalue weighted by molar-refractivity contribution is 5.63. The molecular formula is C16H19N3O2. The first-order chi connectivity index (χ1) is 10.2. The zero-order chi connectivity index (χ0) is 14.8. The lowest BCUT2D eigenvalue weighted by Crippen LogP contribution is -2.15. The highest BCUT2D eigenvalue weighted by Gasteiger charge is 2.27. The molecular weight excluding hydrogens is 266 g/mol. The van der Waals surface area contributed by atoms with E-state index in [1.54, 1.807) is 19.3 Å². The van der Waals surface area contributed by atoms with Gasteiger partial charge in [0.2, 0.25) is 0 Å². The number of hydrogen-bond donors (Lipinski definition) is 1. The van der Waals surface area contributed by atoms with Crippen LogP contribution < -0.4 is 10.3 Å². The van der Waals surface area contributed by atoms with Crippen LogP contribution in [0.5, 0.6) is 5.75 Å². The molecule has 0 atom stereocenters. The van der Waals surface area contributed by atoms with E-state index in [9.17, 15) is 4.79 Å². The molecule has 0 radical (unpaired) electrons. The van der Waals surface area contributed by atoms with Gasteiger partial charge in [0.05, 0.1) is 18.5 Å². The largest absolute Gasteiger partial charge is 0.492 e. The second kappa shape index (κ2) is 5.68. The lowest BCUT2D eigenvalue weighted by molar-refractivity contribution is 0.316. The van der Waals surface area contributed by atoms with E-state index < -0.39 is 0 Å². The zero-order valence-electron chi connectivity index (χ0n) is 12.3. The summed E-state index contributed by atoms with van der Waals surface area (Å²) in [7, 11) is 0. The number of H-pyrrole nitrogens is 1. The molecule has 1 saturated carbocycles. The summed E-state index contributed by atoms with van der Waals surface area (Å²) in [5.74, 6) is 1.91. The molecule has 1 N–H and O–H groups in total. The van der Waals surface area contributed by atoms with Gasteiger partial charge in [-0.25, -0.2) is 4.98 Å². The summed E-state index contributed by atoms with van der Waals surface area (Å²) in [4.78, 5) is 23.8. The second-order valence-corrected chi connectivity index (χ2v) is 5.46. The minimum atomic E-state index is -0.0678. The summed E-state index contributed by atoms with van der Waals surface area (Å²) in [5, 5.41) is 0. The zero-order valence-corrected chi connectivity index (χ0v) is 12.3. The van der Waals surface area contributed by atoms with Crippen LogP contribution in [0.15, 0.2) is 23.3 Å². The Morgan fingerprint density at radius 2 is 2.19 bits per heavy atom. The van der Waals surface area contributed by atoms with E-state index in [-0.39, 0.29) is 5.56 Å². The Morgan fingerprint density at radius 1 is 1.38 bits per heavy atom. The minimum absolute atomic E-state index is 0.0678. The van der Waals surface area contributed by atoms with E-state index in [0.717, 1.165) is 30.7 Å². The minimum Gasteiger partial charge on any atom is -0.492 e. The molecule has 0 saturated heterocycles. The predicted octanol–water partition coefficient (Wildman–Crippen LogP) is 2.81. The van der Waals surface area contributed by atoms with E-state index in [0.29, 0.717) is 29.5 Å². The van der Waals surface area contributed by atoms with Crippen LogP contribution in [0.1, 0.15) is 43.5 Å². The quantitative estimate of drug-likeness (QED) is 0.917. The fourth-order valence-corrected chi connectivity index (χ4v) is 2.23. The number of aromatic amines is 1. The van der Waals surface area contributed by atoms with E-state index >= 15 is 0 Å². The molecule has 0 bridgehead atoms. The third-order valence-electron chi connectivity index (χ3n) is 3.59. The van der Waals surface area contributed by atoms with Crippen molar-refractivity contribution in [2.75, 3.05) is 6.61 Å². The summed E-state index contributed by atoms with van der Waals surface area (Å²) >= 11 is 0. The molecule has 1 aliphatic rings. The van der Waals surface area contributed by atoms with Crippen molar-refractivity contribution in [3.05, 3.63) is 40.2 Å². The first-order valence-corrected chi connectivity index (χ1v) is 7.38. The topological polar surface area (TPSA) is 67.9 Å². The van der Waals surface area contributed by atoms with Crippen molar-refractivity contribution in [2.45, 2.75) is 39.0 Å². The number of nitrogens with one attached hydrogen (secondary N) is 1. The number of hydrogen-bond acceptors (Lipinski definition) is 4. The van der Waals surface area contributed by atoms with Gasteiger partial charge in [-0.3, -0.25) is 9.78 Å². The molecule has 2 aromatic heterocycles. The molecule has 3 rings (SSSR count). The van der Waals surface area contributed by atoms with Crippen molar-refractivity contribution >= 4 is 0 Å². The Bertz CT molecular complexity index is 705. The first kappa shape index (κ1) is 13.8. The Balaban J connectivity index is 2.01. The molecule has 5 nitrogen and oxygen atoms in total. The molecule has 21 heavy (non-hydrogen) atoms. The van der Waals surface area contributed by atoms with Crippen LogP contribution >= 0.6 is 0 Å². The number of nitrogens with zero attached hydrogens (tertiary/aromatic N) is 2. The summed E-state index contributed by atoms with van der Waals surface area (Å²) in [6.07, 6.45) is 6.55. The standard InChI is InChI=1S/C16H19N3O2/c1-3-6-21-13-7-12(8-17-9-13)14-10(2)16(20)19-15(18-14)11-4-5-11/h7-9,11H,3-6H2,1-2H3,(H,18,19,20). The average molecular weight is 285 g/mol. The van der Waals surface area contributed by atoms with E-state index in [1.165, 1.54) is 0 Å². The highest BCUT2D eigenvalue weighted by atomic mass is 16.5. The maximum absolute atomic E-state index is 12.1. The molecule has 0 amide bonds. The summed E-state index contributed by atoms with van der Waals surface area (Å²) in [5.41, 5.74) is 2.08. The predicted molar refractivity (Wildman–Crippen MR) is 80.6 cm³/mol. The van der Waals surface area contributed by atoms with Crippen LogP contribution in [0, 0.1) is 6.92 Å². The maximum atomic E-state index is 12.1. The summed E-state index contributed by atoms with van der Waals surface area (Å²) < 4.78 is 5.60. The monoisotopic (exact) mass is 285 g/mol. The van der Waals surface area contributed by atoms with E-state index in [2.05, 4.69) is 21.9 Å². The van der Waals surface area contributed by atoms with Gasteiger partial charge in [-0.2, -0.15) is 0 Å². The molecule has 2 heterocycles. The van der Waals surface area contributed by atoms with Gasteiger partial charge in [0.1, 0.15) is 11.6 Å². The van der Waals surface area contributed by atoms with Crippen molar-refractivity contribution in [1.29, 1.82) is 0 Å².